The predicted octanol–water partition coefficient (Wildman–Crippen LogP) is 4.27. The number of carbonyl (C=O) groups is 1. The third-order valence-electron chi connectivity index (χ3n) is 4.42. The lowest BCUT2D eigenvalue weighted by molar-refractivity contribution is 0.187. The Morgan fingerprint density at radius 2 is 2.03 bits per heavy atom. The summed E-state index contributed by atoms with van der Waals surface area (Å²) in [6.45, 7) is 3.90. The van der Waals surface area contributed by atoms with Gasteiger partial charge in [-0.25, -0.2) is 9.78 Å². The van der Waals surface area contributed by atoms with Crippen LogP contribution >= 0.6 is 11.6 Å². The van der Waals surface area contributed by atoms with E-state index >= 15 is 0 Å². The second-order valence-corrected chi connectivity index (χ2v) is 7.45. The Balaban J connectivity index is 2.39. The molecule has 0 fully saturated rings. The summed E-state index contributed by atoms with van der Waals surface area (Å²) in [7, 11) is 0. The zero-order valence-electron chi connectivity index (χ0n) is 15.9. The number of benzene rings is 2. The van der Waals surface area contributed by atoms with Crippen molar-refractivity contribution in [3.63, 3.8) is 0 Å². The molecule has 0 saturated heterocycles. The molecule has 3 rings (SSSR count). The molecule has 2 aromatic carbocycles. The number of rotatable bonds is 5. The van der Waals surface area contributed by atoms with Crippen LogP contribution < -0.4 is 10.9 Å². The summed E-state index contributed by atoms with van der Waals surface area (Å²) in [6, 6.07) is 12.8. The van der Waals surface area contributed by atoms with Gasteiger partial charge in [-0.2, -0.15) is 5.26 Å². The van der Waals surface area contributed by atoms with Gasteiger partial charge in [-0.1, -0.05) is 37.6 Å². The zero-order valence-corrected chi connectivity index (χ0v) is 16.6. The molecule has 0 aliphatic heterocycles. The minimum absolute atomic E-state index is 0.137. The molecule has 0 saturated carbocycles. The molecule has 8 heteroatoms. The number of nitriles is 1. The third kappa shape index (κ3) is 4.23. The number of amides is 1. The fourth-order valence-electron chi connectivity index (χ4n) is 3.25. The number of halogens is 1. The van der Waals surface area contributed by atoms with E-state index in [2.05, 4.69) is 10.3 Å². The summed E-state index contributed by atoms with van der Waals surface area (Å²) in [4.78, 5) is 29.5. The first-order valence-corrected chi connectivity index (χ1v) is 9.40. The first kappa shape index (κ1) is 20.4. The van der Waals surface area contributed by atoms with Crippen LogP contribution in [0.1, 0.15) is 37.7 Å². The maximum atomic E-state index is 13.4. The maximum Gasteiger partial charge on any atom is 0.405 e. The van der Waals surface area contributed by atoms with Crippen LogP contribution in [-0.2, 0) is 0 Å². The molecule has 148 valence electrons. The van der Waals surface area contributed by atoms with Gasteiger partial charge in [0.1, 0.15) is 5.82 Å². The van der Waals surface area contributed by atoms with E-state index in [1.54, 1.807) is 42.5 Å². The van der Waals surface area contributed by atoms with E-state index in [-0.39, 0.29) is 22.2 Å². The predicted molar refractivity (Wildman–Crippen MR) is 110 cm³/mol. The van der Waals surface area contributed by atoms with Crippen LogP contribution in [0, 0.1) is 17.2 Å². The molecule has 1 atom stereocenters. The largest absolute Gasteiger partial charge is 0.465 e. The van der Waals surface area contributed by atoms with Gasteiger partial charge in [0.25, 0.3) is 5.56 Å². The Morgan fingerprint density at radius 3 is 2.69 bits per heavy atom. The van der Waals surface area contributed by atoms with Crippen molar-refractivity contribution in [3.05, 3.63) is 69.2 Å². The summed E-state index contributed by atoms with van der Waals surface area (Å²) >= 11 is 6.27. The molecule has 1 amide bonds. The van der Waals surface area contributed by atoms with Crippen LogP contribution in [0.2, 0.25) is 5.02 Å². The Morgan fingerprint density at radius 1 is 1.31 bits per heavy atom. The van der Waals surface area contributed by atoms with E-state index in [0.29, 0.717) is 23.2 Å². The highest BCUT2D eigenvalue weighted by molar-refractivity contribution is 6.35. The van der Waals surface area contributed by atoms with Gasteiger partial charge in [0.15, 0.2) is 0 Å². The Labute approximate surface area is 172 Å². The number of carboxylic acid groups (broad SMARTS) is 1. The van der Waals surface area contributed by atoms with E-state index in [9.17, 15) is 20.0 Å². The van der Waals surface area contributed by atoms with E-state index in [1.165, 1.54) is 4.57 Å². The molecule has 29 heavy (non-hydrogen) atoms. The second kappa shape index (κ2) is 8.33. The first-order valence-electron chi connectivity index (χ1n) is 9.03. The van der Waals surface area contributed by atoms with Crippen molar-refractivity contribution in [2.45, 2.75) is 26.3 Å². The van der Waals surface area contributed by atoms with Crippen LogP contribution in [0.4, 0.5) is 4.79 Å². The van der Waals surface area contributed by atoms with Gasteiger partial charge in [0, 0.05) is 0 Å². The average molecular weight is 411 g/mol. The number of hydrogen-bond acceptors (Lipinski definition) is 4. The minimum Gasteiger partial charge on any atom is -0.465 e. The summed E-state index contributed by atoms with van der Waals surface area (Å²) in [5.74, 6) is 0.383. The van der Waals surface area contributed by atoms with Crippen LogP contribution in [0.5, 0.6) is 0 Å². The van der Waals surface area contributed by atoms with Crippen molar-refractivity contribution in [2.75, 3.05) is 0 Å². The van der Waals surface area contributed by atoms with Crippen LogP contribution in [0.25, 0.3) is 16.6 Å². The van der Waals surface area contributed by atoms with Crippen molar-refractivity contribution in [3.8, 4) is 11.8 Å². The fourth-order valence-corrected chi connectivity index (χ4v) is 3.50. The van der Waals surface area contributed by atoms with Crippen molar-refractivity contribution in [1.29, 1.82) is 5.26 Å². The fraction of sp³-hybridized carbons (Fsp3) is 0.238. The quantitative estimate of drug-likeness (QED) is 0.653. The minimum atomic E-state index is -1.21. The van der Waals surface area contributed by atoms with Gasteiger partial charge in [0.2, 0.25) is 0 Å². The Bertz CT molecular complexity index is 1180. The van der Waals surface area contributed by atoms with E-state index in [4.69, 9.17) is 11.6 Å². The van der Waals surface area contributed by atoms with Crippen molar-refractivity contribution in [1.82, 2.24) is 14.9 Å². The van der Waals surface area contributed by atoms with Crippen LogP contribution in [0.15, 0.2) is 47.3 Å². The number of aromatic nitrogens is 2. The monoisotopic (exact) mass is 410 g/mol. The summed E-state index contributed by atoms with van der Waals surface area (Å²) in [5.41, 5.74) is 0.739. The van der Waals surface area contributed by atoms with Gasteiger partial charge in [-0.05, 0) is 42.7 Å². The highest BCUT2D eigenvalue weighted by Gasteiger charge is 2.24. The zero-order chi connectivity index (χ0) is 21.1. The van der Waals surface area contributed by atoms with Gasteiger partial charge >= 0.3 is 6.09 Å². The molecule has 0 spiro atoms. The highest BCUT2D eigenvalue weighted by Crippen LogP contribution is 2.26. The van der Waals surface area contributed by atoms with Gasteiger partial charge in [-0.15, -0.1) is 0 Å². The van der Waals surface area contributed by atoms with Crippen molar-refractivity contribution in [2.24, 2.45) is 5.92 Å². The molecule has 0 radical (unpaired) electrons. The van der Waals surface area contributed by atoms with Crippen molar-refractivity contribution < 1.29 is 9.90 Å². The molecule has 1 unspecified atom stereocenters. The summed E-state index contributed by atoms with van der Waals surface area (Å²) in [5, 5.41) is 21.5. The van der Waals surface area contributed by atoms with Crippen LogP contribution in [0.3, 0.4) is 0 Å². The normalized spacial score (nSPS) is 12.0. The third-order valence-corrected chi connectivity index (χ3v) is 4.74. The molecule has 3 aromatic rings. The van der Waals surface area contributed by atoms with E-state index < -0.39 is 17.7 Å². The molecule has 1 aromatic heterocycles. The molecule has 0 bridgehead atoms. The molecule has 7 nitrogen and oxygen atoms in total. The maximum absolute atomic E-state index is 13.4. The molecule has 0 aliphatic rings. The molecular weight excluding hydrogens is 392 g/mol. The molecule has 1 heterocycles. The Kier molecular flexibility index (Phi) is 5.85. The Hall–Kier alpha value is -3.37. The first-order chi connectivity index (χ1) is 13.8. The summed E-state index contributed by atoms with van der Waals surface area (Å²) in [6.07, 6.45) is -0.781. The van der Waals surface area contributed by atoms with Gasteiger partial charge < -0.3 is 10.4 Å². The highest BCUT2D eigenvalue weighted by atomic mass is 35.5. The molecule has 0 aliphatic carbocycles. The lowest BCUT2D eigenvalue weighted by Gasteiger charge is -2.23. The molecule has 2 N–H and O–H groups in total. The lowest BCUT2D eigenvalue weighted by Crippen LogP contribution is -2.34. The standard InChI is InChI=1S/C21H19ClN4O3/c1-12(2)9-17(25-21(28)29)19-24-16-8-4-7-15(22)18(16)20(27)26(19)14-6-3-5-13(10-14)11-23/h3-8,10,12,17,25H,9H2,1-2H3,(H,28,29). The van der Waals surface area contributed by atoms with Crippen molar-refractivity contribution >= 4 is 28.6 Å². The average Bonchev–Trinajstić information content (AvgIpc) is 2.66. The number of hydrogen-bond donors (Lipinski definition) is 2. The smallest absolute Gasteiger partial charge is 0.405 e. The van der Waals surface area contributed by atoms with Crippen LogP contribution in [-0.4, -0.2) is 20.8 Å². The lowest BCUT2D eigenvalue weighted by atomic mass is 10.0. The number of fused-ring (bicyclic) bond motifs is 1. The number of nitrogens with zero attached hydrogens (tertiary/aromatic N) is 3. The van der Waals surface area contributed by atoms with Gasteiger partial charge in [0.05, 0.1) is 39.3 Å². The summed E-state index contributed by atoms with van der Waals surface area (Å²) < 4.78 is 1.33. The second-order valence-electron chi connectivity index (χ2n) is 7.04. The SMILES string of the molecule is CC(C)CC(NC(=O)O)c1nc2cccc(Cl)c2c(=O)n1-c1cccc(C#N)c1. The number of nitrogens with one attached hydrogen (secondary N) is 1. The molecular formula is C21H19ClN4O3. The van der Waals surface area contributed by atoms with Gasteiger partial charge in [-0.3, -0.25) is 9.36 Å². The van der Waals surface area contributed by atoms with E-state index in [1.807, 2.05) is 19.9 Å². The van der Waals surface area contributed by atoms with E-state index in [0.717, 1.165) is 0 Å². The topological polar surface area (TPSA) is 108 Å².